The second-order valence-corrected chi connectivity index (χ2v) is 5.84. The van der Waals surface area contributed by atoms with E-state index in [1.807, 2.05) is 0 Å². The molecule has 0 amide bonds. The molecule has 1 N–H and O–H groups in total. The molecule has 0 aliphatic heterocycles. The quantitative estimate of drug-likeness (QED) is 0.539. The molecule has 0 saturated heterocycles. The van der Waals surface area contributed by atoms with E-state index in [2.05, 4.69) is 13.8 Å². The molecule has 0 spiro atoms. The van der Waals surface area contributed by atoms with Crippen LogP contribution in [-0.2, 0) is 10.1 Å². The third-order valence-corrected chi connectivity index (χ3v) is 3.40. The summed E-state index contributed by atoms with van der Waals surface area (Å²) in [6.07, 6.45) is 3.60. The van der Waals surface area contributed by atoms with Crippen LogP contribution in [0.1, 0.15) is 46.5 Å². The molecule has 0 radical (unpaired) electrons. The minimum absolute atomic E-state index is 0.561. The molecule has 1 atom stereocenters. The molecule has 0 bridgehead atoms. The van der Waals surface area contributed by atoms with E-state index in [1.165, 1.54) is 0 Å². The fraction of sp³-hybridized carbons (Fsp3) is 1.00. The second-order valence-electron chi connectivity index (χ2n) is 4.00. The molecule has 0 aliphatic rings. The van der Waals surface area contributed by atoms with Crippen molar-refractivity contribution in [3.05, 3.63) is 0 Å². The van der Waals surface area contributed by atoms with Crippen LogP contribution in [0.15, 0.2) is 0 Å². The van der Waals surface area contributed by atoms with Crippen molar-refractivity contribution >= 4 is 10.1 Å². The van der Waals surface area contributed by atoms with Crippen molar-refractivity contribution in [2.75, 3.05) is 0 Å². The third-order valence-electron chi connectivity index (χ3n) is 2.15. The Balaban J connectivity index is 3.55. The van der Waals surface area contributed by atoms with Crippen LogP contribution >= 0.6 is 0 Å². The first-order valence-corrected chi connectivity index (χ1v) is 6.30. The van der Waals surface area contributed by atoms with Gasteiger partial charge in [-0.15, -0.1) is 0 Å². The number of hydrogen-bond donors (Lipinski definition) is 1. The lowest BCUT2D eigenvalue weighted by Crippen LogP contribution is -2.16. The lowest BCUT2D eigenvalue weighted by atomic mass is 10.0. The average molecular weight is 208 g/mol. The summed E-state index contributed by atoms with van der Waals surface area (Å²) in [5, 5.41) is -0.611. The maximum atomic E-state index is 10.6. The van der Waals surface area contributed by atoms with Crippen molar-refractivity contribution in [3.8, 4) is 0 Å². The summed E-state index contributed by atoms with van der Waals surface area (Å²) >= 11 is 0. The standard InChI is InChI=1S/C9H20O3S/c1-8(2)6-4-5-7-9(3)13(10,11)12/h8-9H,4-7H2,1-3H3,(H,10,11,12). The van der Waals surface area contributed by atoms with Gasteiger partial charge in [0.05, 0.1) is 5.25 Å². The van der Waals surface area contributed by atoms with Gasteiger partial charge >= 0.3 is 0 Å². The highest BCUT2D eigenvalue weighted by Crippen LogP contribution is 2.12. The Labute approximate surface area is 81.3 Å². The highest BCUT2D eigenvalue weighted by Gasteiger charge is 2.15. The van der Waals surface area contributed by atoms with E-state index in [1.54, 1.807) is 6.92 Å². The Kier molecular flexibility index (Phi) is 5.56. The largest absolute Gasteiger partial charge is 0.285 e. The topological polar surface area (TPSA) is 54.4 Å². The molecule has 4 heteroatoms. The van der Waals surface area contributed by atoms with Gasteiger partial charge in [-0.05, 0) is 19.3 Å². The number of unbranched alkanes of at least 4 members (excludes halogenated alkanes) is 1. The summed E-state index contributed by atoms with van der Waals surface area (Å²) in [5.41, 5.74) is 0. The van der Waals surface area contributed by atoms with Gasteiger partial charge in [0.25, 0.3) is 10.1 Å². The summed E-state index contributed by atoms with van der Waals surface area (Å²) in [4.78, 5) is 0. The Morgan fingerprint density at radius 3 is 1.92 bits per heavy atom. The van der Waals surface area contributed by atoms with Crippen molar-refractivity contribution in [2.45, 2.75) is 51.7 Å². The lowest BCUT2D eigenvalue weighted by molar-refractivity contribution is 0.458. The van der Waals surface area contributed by atoms with Crippen LogP contribution in [0.2, 0.25) is 0 Å². The zero-order valence-corrected chi connectivity index (χ0v) is 9.47. The van der Waals surface area contributed by atoms with Crippen molar-refractivity contribution in [3.63, 3.8) is 0 Å². The first-order chi connectivity index (χ1) is 5.84. The van der Waals surface area contributed by atoms with Crippen LogP contribution in [0.4, 0.5) is 0 Å². The Hall–Kier alpha value is -0.0900. The minimum Gasteiger partial charge on any atom is -0.285 e. The highest BCUT2D eigenvalue weighted by molar-refractivity contribution is 7.86. The van der Waals surface area contributed by atoms with Crippen molar-refractivity contribution in [1.29, 1.82) is 0 Å². The van der Waals surface area contributed by atoms with E-state index < -0.39 is 15.4 Å². The Morgan fingerprint density at radius 2 is 1.54 bits per heavy atom. The zero-order chi connectivity index (χ0) is 10.5. The summed E-state index contributed by atoms with van der Waals surface area (Å²) in [5.74, 6) is 0.668. The molecule has 0 heterocycles. The predicted molar refractivity (Wildman–Crippen MR) is 54.3 cm³/mol. The average Bonchev–Trinajstić information content (AvgIpc) is 1.95. The van der Waals surface area contributed by atoms with Crippen molar-refractivity contribution in [2.24, 2.45) is 5.92 Å². The maximum absolute atomic E-state index is 10.6. The summed E-state index contributed by atoms with van der Waals surface area (Å²) in [7, 11) is -3.80. The van der Waals surface area contributed by atoms with E-state index in [0.717, 1.165) is 19.3 Å². The van der Waals surface area contributed by atoms with Crippen LogP contribution in [0, 0.1) is 5.92 Å². The summed E-state index contributed by atoms with van der Waals surface area (Å²) in [6, 6.07) is 0. The molecular formula is C9H20O3S. The lowest BCUT2D eigenvalue weighted by Gasteiger charge is -2.08. The van der Waals surface area contributed by atoms with Crippen LogP contribution in [0.5, 0.6) is 0 Å². The van der Waals surface area contributed by atoms with Crippen molar-refractivity contribution in [1.82, 2.24) is 0 Å². The third kappa shape index (κ3) is 7.02. The molecule has 0 aromatic carbocycles. The number of hydrogen-bond acceptors (Lipinski definition) is 2. The van der Waals surface area contributed by atoms with Crippen LogP contribution in [0.3, 0.4) is 0 Å². The van der Waals surface area contributed by atoms with E-state index in [4.69, 9.17) is 4.55 Å². The van der Waals surface area contributed by atoms with E-state index in [-0.39, 0.29) is 0 Å². The molecular weight excluding hydrogens is 188 g/mol. The maximum Gasteiger partial charge on any atom is 0.267 e. The zero-order valence-electron chi connectivity index (χ0n) is 8.66. The van der Waals surface area contributed by atoms with Crippen LogP contribution in [0.25, 0.3) is 0 Å². The molecule has 0 aromatic rings. The molecule has 1 unspecified atom stereocenters. The molecule has 0 fully saturated rings. The molecule has 0 aliphatic carbocycles. The Bertz CT molecular complexity index is 219. The van der Waals surface area contributed by atoms with Gasteiger partial charge < -0.3 is 0 Å². The normalized spacial score (nSPS) is 14.8. The smallest absolute Gasteiger partial charge is 0.267 e. The van der Waals surface area contributed by atoms with Gasteiger partial charge in [0.15, 0.2) is 0 Å². The van der Waals surface area contributed by atoms with E-state index in [0.29, 0.717) is 12.3 Å². The van der Waals surface area contributed by atoms with Gasteiger partial charge in [0.1, 0.15) is 0 Å². The monoisotopic (exact) mass is 208 g/mol. The molecule has 3 nitrogen and oxygen atoms in total. The van der Waals surface area contributed by atoms with Crippen LogP contribution in [-0.4, -0.2) is 18.2 Å². The summed E-state index contributed by atoms with van der Waals surface area (Å²) < 4.78 is 29.9. The van der Waals surface area contributed by atoms with E-state index >= 15 is 0 Å². The molecule has 80 valence electrons. The molecule has 0 aromatic heterocycles. The fourth-order valence-electron chi connectivity index (χ4n) is 1.13. The van der Waals surface area contributed by atoms with Crippen molar-refractivity contribution < 1.29 is 13.0 Å². The second kappa shape index (κ2) is 5.60. The first-order valence-electron chi connectivity index (χ1n) is 4.80. The fourth-order valence-corrected chi connectivity index (χ4v) is 1.60. The first kappa shape index (κ1) is 12.9. The van der Waals surface area contributed by atoms with Gasteiger partial charge in [0.2, 0.25) is 0 Å². The predicted octanol–water partition coefficient (Wildman–Crippen LogP) is 2.48. The van der Waals surface area contributed by atoms with Gasteiger partial charge in [-0.3, -0.25) is 4.55 Å². The van der Waals surface area contributed by atoms with Gasteiger partial charge in [-0.2, -0.15) is 8.42 Å². The SMILES string of the molecule is CC(C)CCCCC(C)S(=O)(=O)O. The van der Waals surface area contributed by atoms with E-state index in [9.17, 15) is 8.42 Å². The minimum atomic E-state index is -3.80. The van der Waals surface area contributed by atoms with Crippen LogP contribution < -0.4 is 0 Å². The molecule has 0 saturated carbocycles. The highest BCUT2D eigenvalue weighted by atomic mass is 32.2. The van der Waals surface area contributed by atoms with Gasteiger partial charge in [-0.25, -0.2) is 0 Å². The molecule has 0 rings (SSSR count). The van der Waals surface area contributed by atoms with Gasteiger partial charge in [0, 0.05) is 0 Å². The summed E-state index contributed by atoms with van der Waals surface area (Å²) in [6.45, 7) is 5.84. The molecule has 13 heavy (non-hydrogen) atoms. The van der Waals surface area contributed by atoms with Gasteiger partial charge in [-0.1, -0.05) is 33.1 Å². The number of rotatable bonds is 6. The Morgan fingerprint density at radius 1 is 1.08 bits per heavy atom.